The average Bonchev–Trinajstić information content (AvgIpc) is 2.71. The Balaban J connectivity index is 2.41. The van der Waals surface area contributed by atoms with Crippen molar-refractivity contribution in [3.8, 4) is 5.69 Å². The Kier molecular flexibility index (Phi) is 2.01. The third-order valence-electron chi connectivity index (χ3n) is 1.65. The highest BCUT2D eigenvalue weighted by atomic mass is 16.3. The first-order chi connectivity index (χ1) is 6.40. The van der Waals surface area contributed by atoms with Crippen LogP contribution in [0.5, 0.6) is 0 Å². The summed E-state index contributed by atoms with van der Waals surface area (Å²) >= 11 is 0. The van der Waals surface area contributed by atoms with Crippen molar-refractivity contribution in [3.05, 3.63) is 36.7 Å². The largest absolute Gasteiger partial charge is 0.392 e. The zero-order chi connectivity index (χ0) is 9.10. The molecule has 5 heteroatoms. The van der Waals surface area contributed by atoms with Gasteiger partial charge in [0.15, 0.2) is 0 Å². The molecule has 0 aromatic carbocycles. The van der Waals surface area contributed by atoms with E-state index in [1.165, 1.54) is 6.33 Å². The van der Waals surface area contributed by atoms with Crippen molar-refractivity contribution in [2.45, 2.75) is 6.61 Å². The molecule has 0 saturated carbocycles. The van der Waals surface area contributed by atoms with Crippen LogP contribution >= 0.6 is 0 Å². The van der Waals surface area contributed by atoms with Gasteiger partial charge in [-0.05, 0) is 11.6 Å². The standard InChI is InChI=1S/C8H8N4O/c13-4-7-1-8(3-9-2-7)12-6-10-5-11-12/h1-3,5-6,13H,4H2. The van der Waals surface area contributed by atoms with Crippen LogP contribution in [0, 0.1) is 0 Å². The minimum absolute atomic E-state index is 0.0183. The fourth-order valence-corrected chi connectivity index (χ4v) is 1.03. The van der Waals surface area contributed by atoms with Gasteiger partial charge in [-0.25, -0.2) is 9.67 Å². The number of nitrogens with zero attached hydrogens (tertiary/aromatic N) is 4. The van der Waals surface area contributed by atoms with Crippen molar-refractivity contribution in [2.24, 2.45) is 0 Å². The minimum atomic E-state index is -0.0183. The molecule has 5 nitrogen and oxygen atoms in total. The van der Waals surface area contributed by atoms with Gasteiger partial charge in [-0.15, -0.1) is 0 Å². The summed E-state index contributed by atoms with van der Waals surface area (Å²) in [4.78, 5) is 7.78. The number of aliphatic hydroxyl groups excluding tert-OH is 1. The van der Waals surface area contributed by atoms with E-state index >= 15 is 0 Å². The van der Waals surface area contributed by atoms with Gasteiger partial charge < -0.3 is 5.11 Å². The second-order valence-electron chi connectivity index (χ2n) is 2.55. The Morgan fingerprint density at radius 1 is 1.31 bits per heavy atom. The van der Waals surface area contributed by atoms with Crippen LogP contribution in [0.3, 0.4) is 0 Å². The quantitative estimate of drug-likeness (QED) is 0.707. The van der Waals surface area contributed by atoms with E-state index in [1.54, 1.807) is 23.4 Å². The molecule has 0 aliphatic heterocycles. The molecule has 66 valence electrons. The van der Waals surface area contributed by atoms with Crippen molar-refractivity contribution in [2.75, 3.05) is 0 Å². The van der Waals surface area contributed by atoms with Crippen LogP contribution < -0.4 is 0 Å². The fraction of sp³-hybridized carbons (Fsp3) is 0.125. The molecule has 13 heavy (non-hydrogen) atoms. The summed E-state index contributed by atoms with van der Waals surface area (Å²) in [7, 11) is 0. The summed E-state index contributed by atoms with van der Waals surface area (Å²) < 4.78 is 1.59. The Bertz CT molecular complexity index is 385. The zero-order valence-electron chi connectivity index (χ0n) is 6.83. The van der Waals surface area contributed by atoms with Gasteiger partial charge in [0.2, 0.25) is 0 Å². The van der Waals surface area contributed by atoms with Crippen LogP contribution in [0.15, 0.2) is 31.1 Å². The molecule has 0 saturated heterocycles. The lowest BCUT2D eigenvalue weighted by molar-refractivity contribution is 0.281. The van der Waals surface area contributed by atoms with Gasteiger partial charge in [0.25, 0.3) is 0 Å². The maximum atomic E-state index is 8.87. The topological polar surface area (TPSA) is 63.8 Å². The first-order valence-electron chi connectivity index (χ1n) is 3.80. The maximum absolute atomic E-state index is 8.87. The highest BCUT2D eigenvalue weighted by Crippen LogP contribution is 2.05. The molecule has 2 rings (SSSR count). The van der Waals surface area contributed by atoms with Gasteiger partial charge in [0.1, 0.15) is 12.7 Å². The predicted molar refractivity (Wildman–Crippen MR) is 45.1 cm³/mol. The second kappa shape index (κ2) is 3.32. The van der Waals surface area contributed by atoms with E-state index in [9.17, 15) is 0 Å². The molecule has 0 fully saturated rings. The summed E-state index contributed by atoms with van der Waals surface area (Å²) in [5, 5.41) is 12.8. The number of aliphatic hydroxyl groups is 1. The van der Waals surface area contributed by atoms with E-state index in [1.807, 2.05) is 6.07 Å². The van der Waals surface area contributed by atoms with E-state index in [2.05, 4.69) is 15.1 Å². The molecule has 1 N–H and O–H groups in total. The van der Waals surface area contributed by atoms with Crippen LogP contribution in [0.2, 0.25) is 0 Å². The summed E-state index contributed by atoms with van der Waals surface area (Å²) in [6.07, 6.45) is 6.30. The molecule has 0 aliphatic carbocycles. The molecule has 0 spiro atoms. The minimum Gasteiger partial charge on any atom is -0.392 e. The number of rotatable bonds is 2. The van der Waals surface area contributed by atoms with Crippen LogP contribution in [0.1, 0.15) is 5.56 Å². The lowest BCUT2D eigenvalue weighted by atomic mass is 10.3. The lowest BCUT2D eigenvalue weighted by Gasteiger charge is -2.00. The fourth-order valence-electron chi connectivity index (χ4n) is 1.03. The van der Waals surface area contributed by atoms with E-state index in [4.69, 9.17) is 5.11 Å². The zero-order valence-corrected chi connectivity index (χ0v) is 6.83. The molecule has 0 atom stereocenters. The van der Waals surface area contributed by atoms with Gasteiger partial charge in [0.05, 0.1) is 18.5 Å². The molecule has 0 radical (unpaired) electrons. The van der Waals surface area contributed by atoms with E-state index in [-0.39, 0.29) is 6.61 Å². The van der Waals surface area contributed by atoms with Gasteiger partial charge in [0, 0.05) is 6.20 Å². The number of hydrogen-bond donors (Lipinski definition) is 1. The summed E-state index contributed by atoms with van der Waals surface area (Å²) in [6, 6.07) is 1.81. The Morgan fingerprint density at radius 2 is 2.23 bits per heavy atom. The smallest absolute Gasteiger partial charge is 0.138 e. The van der Waals surface area contributed by atoms with E-state index in [0.717, 1.165) is 11.3 Å². The molecular weight excluding hydrogens is 168 g/mol. The molecule has 0 bridgehead atoms. The van der Waals surface area contributed by atoms with Gasteiger partial charge >= 0.3 is 0 Å². The molecule has 2 aromatic rings. The Morgan fingerprint density at radius 3 is 2.92 bits per heavy atom. The first kappa shape index (κ1) is 7.88. The van der Waals surface area contributed by atoms with Crippen LogP contribution in [-0.2, 0) is 6.61 Å². The highest BCUT2D eigenvalue weighted by molar-refractivity contribution is 5.29. The van der Waals surface area contributed by atoms with Gasteiger partial charge in [-0.1, -0.05) is 0 Å². The predicted octanol–water partition coefficient (Wildman–Crippen LogP) is 0.155. The summed E-state index contributed by atoms with van der Waals surface area (Å²) in [5.41, 5.74) is 1.55. The van der Waals surface area contributed by atoms with Crippen LogP contribution in [-0.4, -0.2) is 24.9 Å². The monoisotopic (exact) mass is 176 g/mol. The average molecular weight is 176 g/mol. The second-order valence-corrected chi connectivity index (χ2v) is 2.55. The molecule has 0 amide bonds. The van der Waals surface area contributed by atoms with Crippen molar-refractivity contribution in [3.63, 3.8) is 0 Å². The molecule has 2 heterocycles. The van der Waals surface area contributed by atoms with Crippen molar-refractivity contribution in [1.82, 2.24) is 19.7 Å². The van der Waals surface area contributed by atoms with Crippen LogP contribution in [0.25, 0.3) is 5.69 Å². The van der Waals surface area contributed by atoms with Gasteiger partial charge in [-0.2, -0.15) is 5.10 Å². The number of hydrogen-bond acceptors (Lipinski definition) is 4. The Labute approximate surface area is 74.7 Å². The van der Waals surface area contributed by atoms with Crippen molar-refractivity contribution >= 4 is 0 Å². The normalized spacial score (nSPS) is 10.2. The molecular formula is C8H8N4O. The maximum Gasteiger partial charge on any atom is 0.138 e. The first-order valence-corrected chi connectivity index (χ1v) is 3.80. The third-order valence-corrected chi connectivity index (χ3v) is 1.65. The van der Waals surface area contributed by atoms with Crippen molar-refractivity contribution in [1.29, 1.82) is 0 Å². The molecule has 2 aromatic heterocycles. The third kappa shape index (κ3) is 1.54. The molecule has 0 aliphatic rings. The van der Waals surface area contributed by atoms with Gasteiger partial charge in [-0.3, -0.25) is 4.98 Å². The van der Waals surface area contributed by atoms with E-state index in [0.29, 0.717) is 0 Å². The SMILES string of the molecule is OCc1cncc(-n2cncn2)c1. The van der Waals surface area contributed by atoms with E-state index < -0.39 is 0 Å². The number of pyridine rings is 1. The molecule has 0 unspecified atom stereocenters. The summed E-state index contributed by atoms with van der Waals surface area (Å²) in [6.45, 7) is -0.0183. The van der Waals surface area contributed by atoms with Crippen molar-refractivity contribution < 1.29 is 5.11 Å². The summed E-state index contributed by atoms with van der Waals surface area (Å²) in [5.74, 6) is 0. The highest BCUT2D eigenvalue weighted by Gasteiger charge is 1.98. The number of aromatic nitrogens is 4. The van der Waals surface area contributed by atoms with Crippen LogP contribution in [0.4, 0.5) is 0 Å². The lowest BCUT2D eigenvalue weighted by Crippen LogP contribution is -1.96. The Hall–Kier alpha value is -1.75.